The Balaban J connectivity index is 1.78. The van der Waals surface area contributed by atoms with Crippen LogP contribution in [0.1, 0.15) is 32.2 Å². The van der Waals surface area contributed by atoms with Crippen LogP contribution < -0.4 is 0 Å². The van der Waals surface area contributed by atoms with Gasteiger partial charge in [-0.25, -0.2) is 8.42 Å². The van der Waals surface area contributed by atoms with E-state index in [2.05, 4.69) is 0 Å². The minimum absolute atomic E-state index is 0.179. The number of halogens is 1. The molecule has 0 spiro atoms. The van der Waals surface area contributed by atoms with Gasteiger partial charge in [0.15, 0.2) is 0 Å². The lowest BCUT2D eigenvalue weighted by atomic mass is 10.0. The molecule has 0 radical (unpaired) electrons. The number of nitrogens with zero attached hydrogens (tertiary/aromatic N) is 1. The maximum atomic E-state index is 12.3. The van der Waals surface area contributed by atoms with E-state index < -0.39 is 26.8 Å². The number of carbonyl (C=O) groups is 2. The topological polar surface area (TPSA) is 80.8 Å². The summed E-state index contributed by atoms with van der Waals surface area (Å²) in [4.78, 5) is 29.9. The molecular weight excluding hydrogens is 366 g/mol. The van der Waals surface area contributed by atoms with Gasteiger partial charge in [-0.15, -0.1) is 5.06 Å². The third kappa shape index (κ3) is 3.89. The molecule has 1 atom stereocenters. The lowest BCUT2D eigenvalue weighted by Crippen LogP contribution is -2.32. The highest BCUT2D eigenvalue weighted by Gasteiger charge is 2.37. The van der Waals surface area contributed by atoms with Gasteiger partial charge in [-0.1, -0.05) is 42.5 Å². The second-order valence-electron chi connectivity index (χ2n) is 5.56. The van der Waals surface area contributed by atoms with Crippen LogP contribution in [0.25, 0.3) is 0 Å². The van der Waals surface area contributed by atoms with Crippen LogP contribution in [0.3, 0.4) is 0 Å². The molecule has 0 fully saturated rings. The summed E-state index contributed by atoms with van der Waals surface area (Å²) >= 11 is 0. The normalized spacial score (nSPS) is 15.3. The number of amides is 2. The highest BCUT2D eigenvalue weighted by atomic mass is 35.7. The Bertz CT molecular complexity index is 879. The summed E-state index contributed by atoms with van der Waals surface area (Å²) in [5.74, 6) is -2.13. The number of hydroxylamine groups is 2. The molecule has 6 nitrogen and oxygen atoms in total. The third-order valence-electron chi connectivity index (χ3n) is 3.83. The van der Waals surface area contributed by atoms with Crippen LogP contribution in [0, 0.1) is 0 Å². The molecule has 0 aliphatic carbocycles. The Morgan fingerprint density at radius 3 is 1.96 bits per heavy atom. The third-order valence-corrected chi connectivity index (χ3v) is 5.01. The van der Waals surface area contributed by atoms with Crippen molar-refractivity contribution in [3.8, 4) is 0 Å². The predicted octanol–water partition coefficient (Wildman–Crippen LogP) is 2.57. The van der Waals surface area contributed by atoms with Crippen molar-refractivity contribution < 1.29 is 22.8 Å². The first-order valence-corrected chi connectivity index (χ1v) is 9.92. The molecule has 8 heteroatoms. The van der Waals surface area contributed by atoms with Crippen molar-refractivity contribution in [3.05, 3.63) is 71.3 Å². The zero-order chi connectivity index (χ0) is 18.0. The van der Waals surface area contributed by atoms with Crippen LogP contribution >= 0.6 is 10.7 Å². The molecule has 1 aliphatic rings. The van der Waals surface area contributed by atoms with Gasteiger partial charge in [0.2, 0.25) is 9.05 Å². The van der Waals surface area contributed by atoms with E-state index in [9.17, 15) is 18.0 Å². The molecule has 1 aliphatic heterocycles. The van der Waals surface area contributed by atoms with Gasteiger partial charge in [0.25, 0.3) is 11.8 Å². The molecule has 0 aromatic heterocycles. The van der Waals surface area contributed by atoms with Gasteiger partial charge in [0.1, 0.15) is 0 Å². The zero-order valence-electron chi connectivity index (χ0n) is 13.0. The molecule has 130 valence electrons. The fourth-order valence-electron chi connectivity index (χ4n) is 2.65. The number of imide groups is 1. The van der Waals surface area contributed by atoms with E-state index >= 15 is 0 Å². The summed E-state index contributed by atoms with van der Waals surface area (Å²) in [5, 5.41) is 0.668. The van der Waals surface area contributed by atoms with Crippen LogP contribution in [-0.2, 0) is 13.9 Å². The standard InChI is InChI=1S/C17H14ClNO5S/c18-25(22,23)11-13(12-6-2-1-3-7-12)10-24-19-16(20)14-8-4-5-9-15(14)17(19)21/h1-9,13H,10-11H2. The first-order chi connectivity index (χ1) is 11.9. The maximum absolute atomic E-state index is 12.3. The van der Waals surface area contributed by atoms with Crippen molar-refractivity contribution in [2.24, 2.45) is 0 Å². The van der Waals surface area contributed by atoms with Crippen molar-refractivity contribution in [2.75, 3.05) is 12.4 Å². The number of hydrogen-bond acceptors (Lipinski definition) is 5. The van der Waals surface area contributed by atoms with Gasteiger partial charge in [0.05, 0.1) is 23.5 Å². The van der Waals surface area contributed by atoms with E-state index in [1.165, 1.54) is 12.1 Å². The number of fused-ring (bicyclic) bond motifs is 1. The maximum Gasteiger partial charge on any atom is 0.285 e. The second-order valence-corrected chi connectivity index (χ2v) is 8.38. The highest BCUT2D eigenvalue weighted by molar-refractivity contribution is 8.13. The summed E-state index contributed by atoms with van der Waals surface area (Å²) in [6.07, 6.45) is 0. The fourth-order valence-corrected chi connectivity index (χ4v) is 3.88. The lowest BCUT2D eigenvalue weighted by Gasteiger charge is -2.19. The lowest BCUT2D eigenvalue weighted by molar-refractivity contribution is -0.0946. The van der Waals surface area contributed by atoms with Crippen molar-refractivity contribution in [2.45, 2.75) is 5.92 Å². The first-order valence-electron chi connectivity index (χ1n) is 7.45. The van der Waals surface area contributed by atoms with E-state index in [0.717, 1.165) is 0 Å². The molecule has 1 heterocycles. The average Bonchev–Trinajstić information content (AvgIpc) is 2.83. The molecule has 1 unspecified atom stereocenters. The van der Waals surface area contributed by atoms with Crippen LogP contribution in [-0.4, -0.2) is 37.7 Å². The molecule has 25 heavy (non-hydrogen) atoms. The predicted molar refractivity (Wildman–Crippen MR) is 91.7 cm³/mol. The number of rotatable bonds is 6. The second kappa shape index (κ2) is 6.95. The fraction of sp³-hybridized carbons (Fsp3) is 0.176. The molecule has 2 amide bonds. The summed E-state index contributed by atoms with van der Waals surface area (Å²) < 4.78 is 23.0. The summed E-state index contributed by atoms with van der Waals surface area (Å²) in [6, 6.07) is 15.2. The van der Waals surface area contributed by atoms with Crippen LogP contribution in [0.4, 0.5) is 0 Å². The summed E-state index contributed by atoms with van der Waals surface area (Å²) in [5.41, 5.74) is 1.20. The van der Waals surface area contributed by atoms with Gasteiger partial charge < -0.3 is 0 Å². The monoisotopic (exact) mass is 379 g/mol. The molecule has 0 N–H and O–H groups in total. The summed E-state index contributed by atoms with van der Waals surface area (Å²) in [6.45, 7) is -0.179. The Labute approximate surface area is 149 Å². The van der Waals surface area contributed by atoms with Gasteiger partial charge in [-0.3, -0.25) is 14.4 Å². The Morgan fingerprint density at radius 1 is 0.920 bits per heavy atom. The van der Waals surface area contributed by atoms with E-state index in [-0.39, 0.29) is 23.5 Å². The Kier molecular flexibility index (Phi) is 4.89. The van der Waals surface area contributed by atoms with Gasteiger partial charge in [0, 0.05) is 16.6 Å². The van der Waals surface area contributed by atoms with E-state index in [4.69, 9.17) is 15.5 Å². The van der Waals surface area contributed by atoms with Crippen molar-refractivity contribution in [1.82, 2.24) is 5.06 Å². The SMILES string of the molecule is O=C1c2ccccc2C(=O)N1OCC(CS(=O)(=O)Cl)c1ccccc1. The number of benzene rings is 2. The Morgan fingerprint density at radius 2 is 1.44 bits per heavy atom. The molecule has 3 rings (SSSR count). The van der Waals surface area contributed by atoms with E-state index in [1.807, 2.05) is 0 Å². The zero-order valence-corrected chi connectivity index (χ0v) is 14.5. The minimum atomic E-state index is -3.79. The van der Waals surface area contributed by atoms with E-state index in [1.54, 1.807) is 42.5 Å². The van der Waals surface area contributed by atoms with Gasteiger partial charge in [-0.05, 0) is 17.7 Å². The highest BCUT2D eigenvalue weighted by Crippen LogP contribution is 2.25. The van der Waals surface area contributed by atoms with Crippen LogP contribution in [0.2, 0.25) is 0 Å². The molecule has 0 saturated carbocycles. The average molecular weight is 380 g/mol. The van der Waals surface area contributed by atoms with Crippen LogP contribution in [0.5, 0.6) is 0 Å². The smallest absolute Gasteiger partial charge is 0.266 e. The van der Waals surface area contributed by atoms with Gasteiger partial charge in [-0.2, -0.15) is 0 Å². The van der Waals surface area contributed by atoms with Gasteiger partial charge >= 0.3 is 0 Å². The molecule has 2 aromatic carbocycles. The first kappa shape index (κ1) is 17.6. The summed E-state index contributed by atoms with van der Waals surface area (Å²) in [7, 11) is 1.58. The molecular formula is C17H14ClNO5S. The molecule has 2 aromatic rings. The molecule has 0 saturated heterocycles. The largest absolute Gasteiger partial charge is 0.285 e. The van der Waals surface area contributed by atoms with Crippen molar-refractivity contribution in [3.63, 3.8) is 0 Å². The van der Waals surface area contributed by atoms with Crippen LogP contribution in [0.15, 0.2) is 54.6 Å². The molecule has 0 bridgehead atoms. The number of carbonyl (C=O) groups excluding carboxylic acids is 2. The van der Waals surface area contributed by atoms with Crippen molar-refractivity contribution in [1.29, 1.82) is 0 Å². The van der Waals surface area contributed by atoms with E-state index in [0.29, 0.717) is 10.6 Å². The minimum Gasteiger partial charge on any atom is -0.266 e. The Hall–Kier alpha value is -2.22. The van der Waals surface area contributed by atoms with Crippen molar-refractivity contribution >= 4 is 31.5 Å². The number of hydrogen-bond donors (Lipinski definition) is 0. The quantitative estimate of drug-likeness (QED) is 0.569.